The summed E-state index contributed by atoms with van der Waals surface area (Å²) in [6.07, 6.45) is 0. The highest BCUT2D eigenvalue weighted by Crippen LogP contribution is 2.19. The number of anilines is 1. The van der Waals surface area contributed by atoms with Crippen LogP contribution in [0, 0.1) is 6.92 Å². The number of hydrogen-bond acceptors (Lipinski definition) is 5. The van der Waals surface area contributed by atoms with E-state index in [1.54, 1.807) is 23.5 Å². The Morgan fingerprint density at radius 1 is 1.07 bits per heavy atom. The van der Waals surface area contributed by atoms with Gasteiger partial charge in [0.05, 0.1) is 22.1 Å². The van der Waals surface area contributed by atoms with Crippen molar-refractivity contribution in [2.75, 3.05) is 4.72 Å². The number of nitrogens with one attached hydrogen (secondary N) is 2. The van der Waals surface area contributed by atoms with Crippen molar-refractivity contribution in [3.05, 3.63) is 75.7 Å². The molecule has 152 valence electrons. The van der Waals surface area contributed by atoms with Crippen LogP contribution in [-0.4, -0.2) is 19.3 Å². The first-order valence-electron chi connectivity index (χ1n) is 9.16. The van der Waals surface area contributed by atoms with Crippen LogP contribution in [0.25, 0.3) is 0 Å². The second-order valence-electron chi connectivity index (χ2n) is 7.01. The van der Waals surface area contributed by atoms with Crippen LogP contribution in [0.2, 0.25) is 0 Å². The van der Waals surface area contributed by atoms with Gasteiger partial charge >= 0.3 is 0 Å². The number of aromatic nitrogens is 1. The van der Waals surface area contributed by atoms with Crippen LogP contribution in [-0.2, 0) is 16.6 Å². The maximum atomic E-state index is 12.5. The van der Waals surface area contributed by atoms with Crippen LogP contribution >= 0.6 is 11.3 Å². The van der Waals surface area contributed by atoms with E-state index in [4.69, 9.17) is 0 Å². The van der Waals surface area contributed by atoms with E-state index >= 15 is 0 Å². The highest BCUT2D eigenvalue weighted by Gasteiger charge is 2.15. The Morgan fingerprint density at radius 2 is 1.72 bits per heavy atom. The molecule has 1 aromatic heterocycles. The summed E-state index contributed by atoms with van der Waals surface area (Å²) >= 11 is 1.58. The van der Waals surface area contributed by atoms with Crippen LogP contribution in [0.3, 0.4) is 0 Å². The van der Waals surface area contributed by atoms with Crippen molar-refractivity contribution in [2.24, 2.45) is 0 Å². The molecule has 0 saturated carbocycles. The molecule has 0 spiro atoms. The smallest absolute Gasteiger partial charge is 0.261 e. The Labute approximate surface area is 175 Å². The number of sulfonamides is 1. The first kappa shape index (κ1) is 21.0. The van der Waals surface area contributed by atoms with E-state index in [-0.39, 0.29) is 10.8 Å². The number of thiazole rings is 1. The highest BCUT2D eigenvalue weighted by molar-refractivity contribution is 7.92. The van der Waals surface area contributed by atoms with Crippen molar-refractivity contribution in [3.8, 4) is 0 Å². The molecule has 0 fully saturated rings. The summed E-state index contributed by atoms with van der Waals surface area (Å²) in [4.78, 5) is 16.9. The Hall–Kier alpha value is -2.71. The summed E-state index contributed by atoms with van der Waals surface area (Å²) in [6, 6.07) is 12.9. The zero-order chi connectivity index (χ0) is 21.0. The molecular formula is C21H23N3O3S2. The average Bonchev–Trinajstić information content (AvgIpc) is 3.17. The minimum atomic E-state index is -3.72. The van der Waals surface area contributed by atoms with Crippen molar-refractivity contribution in [3.63, 3.8) is 0 Å². The van der Waals surface area contributed by atoms with Gasteiger partial charge in [0.2, 0.25) is 0 Å². The zero-order valence-corrected chi connectivity index (χ0v) is 18.1. The molecule has 0 bridgehead atoms. The number of carbonyl (C=O) groups is 1. The van der Waals surface area contributed by atoms with Gasteiger partial charge < -0.3 is 5.32 Å². The fourth-order valence-corrected chi connectivity index (χ4v) is 4.46. The van der Waals surface area contributed by atoms with Gasteiger partial charge in [-0.3, -0.25) is 9.52 Å². The maximum absolute atomic E-state index is 12.5. The molecule has 0 aliphatic carbocycles. The quantitative estimate of drug-likeness (QED) is 0.586. The third-order valence-electron chi connectivity index (χ3n) is 4.22. The molecule has 6 nitrogen and oxygen atoms in total. The zero-order valence-electron chi connectivity index (χ0n) is 16.5. The first-order chi connectivity index (χ1) is 13.7. The van der Waals surface area contributed by atoms with Crippen molar-refractivity contribution in [1.82, 2.24) is 10.3 Å². The molecule has 2 N–H and O–H groups in total. The molecule has 0 atom stereocenters. The Morgan fingerprint density at radius 3 is 2.31 bits per heavy atom. The van der Waals surface area contributed by atoms with Crippen molar-refractivity contribution < 1.29 is 13.2 Å². The van der Waals surface area contributed by atoms with E-state index in [1.165, 1.54) is 24.3 Å². The minimum absolute atomic E-state index is 0.0932. The molecule has 2 aromatic carbocycles. The fraction of sp³-hybridized carbons (Fsp3) is 0.238. The van der Waals surface area contributed by atoms with Crippen molar-refractivity contribution in [2.45, 2.75) is 38.1 Å². The number of carbonyl (C=O) groups excluding carboxylic acids is 1. The molecule has 0 saturated heterocycles. The van der Waals surface area contributed by atoms with E-state index in [0.717, 1.165) is 16.3 Å². The predicted octanol–water partition coefficient (Wildman–Crippen LogP) is 4.31. The summed E-state index contributed by atoms with van der Waals surface area (Å²) < 4.78 is 27.6. The second-order valence-corrected chi connectivity index (χ2v) is 9.58. The molecule has 0 aliphatic heterocycles. The number of amides is 1. The van der Waals surface area contributed by atoms with Crippen molar-refractivity contribution >= 4 is 33.0 Å². The van der Waals surface area contributed by atoms with E-state index in [9.17, 15) is 13.2 Å². The molecular weight excluding hydrogens is 406 g/mol. The molecule has 3 aromatic rings. The predicted molar refractivity (Wildman–Crippen MR) is 116 cm³/mol. The number of rotatable bonds is 7. The number of aryl methyl sites for hydroxylation is 1. The lowest BCUT2D eigenvalue weighted by atomic mass is 10.2. The Bertz CT molecular complexity index is 1090. The minimum Gasteiger partial charge on any atom is -0.346 e. The van der Waals surface area contributed by atoms with Gasteiger partial charge in [0.1, 0.15) is 0 Å². The largest absolute Gasteiger partial charge is 0.346 e. The summed E-state index contributed by atoms with van der Waals surface area (Å²) in [5.74, 6) is 0.0759. The third kappa shape index (κ3) is 5.42. The summed E-state index contributed by atoms with van der Waals surface area (Å²) in [5.41, 5.74) is 2.73. The maximum Gasteiger partial charge on any atom is 0.261 e. The van der Waals surface area contributed by atoms with Crippen LogP contribution in [0.5, 0.6) is 0 Å². The molecule has 1 amide bonds. The van der Waals surface area contributed by atoms with Gasteiger partial charge in [-0.15, -0.1) is 11.3 Å². The summed E-state index contributed by atoms with van der Waals surface area (Å²) in [6.45, 7) is 6.41. The number of nitrogens with zero attached hydrogens (tertiary/aromatic N) is 1. The fourth-order valence-electron chi connectivity index (χ4n) is 2.56. The van der Waals surface area contributed by atoms with Crippen LogP contribution in [0.4, 0.5) is 5.69 Å². The Kier molecular flexibility index (Phi) is 6.34. The normalized spacial score (nSPS) is 11.4. The molecule has 8 heteroatoms. The summed E-state index contributed by atoms with van der Waals surface area (Å²) in [7, 11) is -3.72. The second kappa shape index (κ2) is 8.75. The van der Waals surface area contributed by atoms with Crippen LogP contribution in [0.15, 0.2) is 58.8 Å². The van der Waals surface area contributed by atoms with E-state index in [1.807, 2.05) is 24.4 Å². The van der Waals surface area contributed by atoms with Gasteiger partial charge in [-0.05, 0) is 43.3 Å². The standard InChI is InChI=1S/C21H23N3O3S2/c1-14(2)21-23-18(13-28-21)12-22-20(25)16-6-10-19(11-7-16)29(26,27)24-17-8-4-15(3)5-9-17/h4-11,13-14,24H,12H2,1-3H3,(H,22,25). The topological polar surface area (TPSA) is 88.2 Å². The Balaban J connectivity index is 1.63. The monoisotopic (exact) mass is 429 g/mol. The van der Waals surface area contributed by atoms with E-state index in [2.05, 4.69) is 28.9 Å². The molecule has 1 heterocycles. The molecule has 0 radical (unpaired) electrons. The first-order valence-corrected chi connectivity index (χ1v) is 11.5. The van der Waals surface area contributed by atoms with Gasteiger partial charge in [-0.2, -0.15) is 0 Å². The molecule has 29 heavy (non-hydrogen) atoms. The SMILES string of the molecule is Cc1ccc(NS(=O)(=O)c2ccc(C(=O)NCc3csc(C(C)C)n3)cc2)cc1. The van der Waals surface area contributed by atoms with Crippen LogP contribution < -0.4 is 10.0 Å². The van der Waals surface area contributed by atoms with Gasteiger partial charge in [0.15, 0.2) is 0 Å². The highest BCUT2D eigenvalue weighted by atomic mass is 32.2. The molecule has 0 unspecified atom stereocenters. The van der Waals surface area contributed by atoms with Crippen molar-refractivity contribution in [1.29, 1.82) is 0 Å². The van der Waals surface area contributed by atoms with Gasteiger partial charge in [0.25, 0.3) is 15.9 Å². The van der Waals surface area contributed by atoms with E-state index < -0.39 is 10.0 Å². The third-order valence-corrected chi connectivity index (χ3v) is 6.82. The van der Waals surface area contributed by atoms with E-state index in [0.29, 0.717) is 23.7 Å². The average molecular weight is 430 g/mol. The lowest BCUT2D eigenvalue weighted by Gasteiger charge is -2.09. The van der Waals surface area contributed by atoms with Gasteiger partial charge in [-0.1, -0.05) is 31.5 Å². The molecule has 3 rings (SSSR count). The van der Waals surface area contributed by atoms with Gasteiger partial charge in [-0.25, -0.2) is 13.4 Å². The summed E-state index contributed by atoms with van der Waals surface area (Å²) in [5, 5.41) is 5.78. The number of hydrogen-bond donors (Lipinski definition) is 2. The van der Waals surface area contributed by atoms with Crippen LogP contribution in [0.1, 0.15) is 46.4 Å². The lowest BCUT2D eigenvalue weighted by Crippen LogP contribution is -2.23. The lowest BCUT2D eigenvalue weighted by molar-refractivity contribution is 0.0950. The molecule has 0 aliphatic rings. The van der Waals surface area contributed by atoms with Gasteiger partial charge in [0, 0.05) is 22.5 Å². The number of benzene rings is 2.